The standard InChI is InChI=1S/C12H11F15/c1-5(2)3-6(14,15)8(18,19)10(22,23)12(26,27)11(24,25)9(20,21)7(16,17)4-13/h5H,3-4H2,1-2H3. The minimum Gasteiger partial charge on any atom is -0.244 e. The normalized spacial score (nSPS) is 16.2. The van der Waals surface area contributed by atoms with Gasteiger partial charge < -0.3 is 0 Å². The quantitative estimate of drug-likeness (QED) is 0.362. The Labute approximate surface area is 141 Å². The molecule has 0 aliphatic heterocycles. The third-order valence-electron chi connectivity index (χ3n) is 3.33. The van der Waals surface area contributed by atoms with Crippen molar-refractivity contribution in [2.75, 3.05) is 6.67 Å². The van der Waals surface area contributed by atoms with Crippen molar-refractivity contribution >= 4 is 0 Å². The van der Waals surface area contributed by atoms with Gasteiger partial charge in [-0.05, 0) is 5.92 Å². The van der Waals surface area contributed by atoms with Crippen LogP contribution in [0, 0.1) is 5.92 Å². The Bertz CT molecular complexity index is 519. The van der Waals surface area contributed by atoms with Crippen LogP contribution < -0.4 is 0 Å². The highest BCUT2D eigenvalue weighted by atomic mass is 19.4. The fourth-order valence-corrected chi connectivity index (χ4v) is 1.78. The van der Waals surface area contributed by atoms with E-state index >= 15 is 0 Å². The van der Waals surface area contributed by atoms with Gasteiger partial charge in [0.1, 0.15) is 0 Å². The van der Waals surface area contributed by atoms with Crippen molar-refractivity contribution in [1.29, 1.82) is 0 Å². The third kappa shape index (κ3) is 3.54. The number of hydrogen-bond donors (Lipinski definition) is 0. The minimum absolute atomic E-state index is 0.713. The minimum atomic E-state index is -8.13. The topological polar surface area (TPSA) is 0 Å². The molecule has 0 saturated carbocycles. The van der Waals surface area contributed by atoms with Gasteiger partial charge in [0.2, 0.25) is 0 Å². The number of halogens is 15. The van der Waals surface area contributed by atoms with Gasteiger partial charge in [0.25, 0.3) is 0 Å². The first-order chi connectivity index (χ1) is 11.5. The first-order valence-electron chi connectivity index (χ1n) is 6.68. The molecule has 0 bridgehead atoms. The Kier molecular flexibility index (Phi) is 6.51. The predicted molar refractivity (Wildman–Crippen MR) is 60.1 cm³/mol. The molecule has 0 spiro atoms. The van der Waals surface area contributed by atoms with Crippen LogP contribution in [0.25, 0.3) is 0 Å². The summed E-state index contributed by atoms with van der Waals surface area (Å²) in [6.07, 6.45) is -2.27. The van der Waals surface area contributed by atoms with E-state index in [4.69, 9.17) is 0 Å². The molecule has 0 aliphatic carbocycles. The molecule has 0 heterocycles. The van der Waals surface area contributed by atoms with Gasteiger partial charge in [-0.25, -0.2) is 4.39 Å². The van der Waals surface area contributed by atoms with Crippen LogP contribution >= 0.6 is 0 Å². The summed E-state index contributed by atoms with van der Waals surface area (Å²) in [6, 6.07) is 0. The van der Waals surface area contributed by atoms with E-state index in [1.54, 1.807) is 0 Å². The summed E-state index contributed by atoms with van der Waals surface area (Å²) in [5.74, 6) is -53.5. The van der Waals surface area contributed by atoms with Gasteiger partial charge in [-0.15, -0.1) is 0 Å². The van der Waals surface area contributed by atoms with E-state index in [0.29, 0.717) is 13.8 Å². The highest BCUT2D eigenvalue weighted by Gasteiger charge is 2.92. The maximum Gasteiger partial charge on any atom is 0.384 e. The molecule has 0 fully saturated rings. The Morgan fingerprint density at radius 2 is 0.741 bits per heavy atom. The first kappa shape index (κ1) is 26.0. The number of hydrogen-bond acceptors (Lipinski definition) is 0. The van der Waals surface area contributed by atoms with E-state index in [9.17, 15) is 65.9 Å². The summed E-state index contributed by atoms with van der Waals surface area (Å²) in [6.45, 7) is -2.34. The van der Waals surface area contributed by atoms with Crippen LogP contribution in [-0.4, -0.2) is 48.1 Å². The van der Waals surface area contributed by atoms with E-state index in [1.807, 2.05) is 0 Å². The molecule has 0 aromatic carbocycles. The molecule has 0 rings (SSSR count). The van der Waals surface area contributed by atoms with E-state index in [2.05, 4.69) is 0 Å². The molecule has 27 heavy (non-hydrogen) atoms. The van der Waals surface area contributed by atoms with Crippen molar-refractivity contribution in [1.82, 2.24) is 0 Å². The van der Waals surface area contributed by atoms with Gasteiger partial charge in [-0.3, -0.25) is 0 Å². The molecule has 164 valence electrons. The molecular formula is C12H11F15. The van der Waals surface area contributed by atoms with E-state index in [-0.39, 0.29) is 0 Å². The molecule has 0 unspecified atom stereocenters. The second kappa shape index (κ2) is 6.78. The Hall–Kier alpha value is -1.05. The van der Waals surface area contributed by atoms with Gasteiger partial charge in [0, 0.05) is 6.42 Å². The largest absolute Gasteiger partial charge is 0.384 e. The highest BCUT2D eigenvalue weighted by molar-refractivity contribution is 5.14. The van der Waals surface area contributed by atoms with Crippen molar-refractivity contribution in [3.8, 4) is 0 Å². The fraction of sp³-hybridized carbons (Fsp3) is 1.00. The smallest absolute Gasteiger partial charge is 0.244 e. The van der Waals surface area contributed by atoms with Crippen molar-refractivity contribution in [2.45, 2.75) is 61.7 Å². The van der Waals surface area contributed by atoms with Crippen LogP contribution in [0.1, 0.15) is 20.3 Å². The number of rotatable bonds is 9. The Morgan fingerprint density at radius 3 is 1.00 bits per heavy atom. The maximum atomic E-state index is 13.3. The molecule has 0 aromatic heterocycles. The SMILES string of the molecule is CC(C)CC(F)(F)C(F)(F)C(F)(F)C(F)(F)C(F)(F)C(F)(F)C(F)(F)CF. The van der Waals surface area contributed by atoms with Gasteiger partial charge in [0.05, 0.1) is 0 Å². The summed E-state index contributed by atoms with van der Waals surface area (Å²) in [5.41, 5.74) is 0. The average molecular weight is 440 g/mol. The lowest BCUT2D eigenvalue weighted by atomic mass is 9.87. The molecule has 0 atom stereocenters. The van der Waals surface area contributed by atoms with E-state index in [1.165, 1.54) is 0 Å². The molecule has 0 nitrogen and oxygen atoms in total. The van der Waals surface area contributed by atoms with Crippen LogP contribution in [-0.2, 0) is 0 Å². The second-order valence-electron chi connectivity index (χ2n) is 6.01. The monoisotopic (exact) mass is 440 g/mol. The molecule has 0 amide bonds. The number of alkyl halides is 15. The summed E-state index contributed by atoms with van der Waals surface area (Å²) < 4.78 is 195. The fourth-order valence-electron chi connectivity index (χ4n) is 1.78. The van der Waals surface area contributed by atoms with Crippen LogP contribution in [0.15, 0.2) is 0 Å². The van der Waals surface area contributed by atoms with E-state index < -0.39 is 60.5 Å². The Morgan fingerprint density at radius 1 is 0.481 bits per heavy atom. The lowest BCUT2D eigenvalue weighted by molar-refractivity contribution is -0.442. The zero-order valence-corrected chi connectivity index (χ0v) is 13.2. The van der Waals surface area contributed by atoms with Crippen molar-refractivity contribution in [3.05, 3.63) is 0 Å². The van der Waals surface area contributed by atoms with Crippen LogP contribution in [0.2, 0.25) is 0 Å². The van der Waals surface area contributed by atoms with Crippen LogP contribution in [0.4, 0.5) is 65.9 Å². The zero-order chi connectivity index (χ0) is 22.5. The molecule has 15 heteroatoms. The van der Waals surface area contributed by atoms with Gasteiger partial charge in [-0.1, -0.05) is 13.8 Å². The molecule has 0 aromatic rings. The summed E-state index contributed by atoms with van der Waals surface area (Å²) >= 11 is 0. The lowest BCUT2D eigenvalue weighted by Gasteiger charge is -2.42. The molecular weight excluding hydrogens is 429 g/mol. The molecule has 0 N–H and O–H groups in total. The average Bonchev–Trinajstić information content (AvgIpc) is 2.44. The van der Waals surface area contributed by atoms with Gasteiger partial charge in [0.15, 0.2) is 6.67 Å². The van der Waals surface area contributed by atoms with Crippen LogP contribution in [0.3, 0.4) is 0 Å². The highest BCUT2D eigenvalue weighted by Crippen LogP contribution is 2.62. The molecule has 0 aliphatic rings. The lowest BCUT2D eigenvalue weighted by Crippen LogP contribution is -2.73. The molecule has 0 radical (unpaired) electrons. The third-order valence-corrected chi connectivity index (χ3v) is 3.33. The van der Waals surface area contributed by atoms with Gasteiger partial charge >= 0.3 is 41.5 Å². The van der Waals surface area contributed by atoms with Gasteiger partial charge in [-0.2, -0.15) is 61.5 Å². The maximum absolute atomic E-state index is 13.3. The summed E-state index contributed by atoms with van der Waals surface area (Å²) in [7, 11) is 0. The van der Waals surface area contributed by atoms with Crippen molar-refractivity contribution in [3.63, 3.8) is 0 Å². The van der Waals surface area contributed by atoms with Crippen molar-refractivity contribution < 1.29 is 65.9 Å². The van der Waals surface area contributed by atoms with E-state index in [0.717, 1.165) is 0 Å². The first-order valence-corrected chi connectivity index (χ1v) is 6.68. The van der Waals surface area contributed by atoms with Crippen LogP contribution in [0.5, 0.6) is 0 Å². The summed E-state index contributed by atoms with van der Waals surface area (Å²) in [4.78, 5) is 0. The Balaban J connectivity index is 6.47. The zero-order valence-electron chi connectivity index (χ0n) is 13.2. The second-order valence-corrected chi connectivity index (χ2v) is 6.01. The predicted octanol–water partition coefficient (Wildman–Crippen LogP) is 6.45. The van der Waals surface area contributed by atoms with Crippen molar-refractivity contribution in [2.24, 2.45) is 5.92 Å². The summed E-state index contributed by atoms with van der Waals surface area (Å²) in [5, 5.41) is 0. The molecule has 0 saturated heterocycles.